The third-order valence-electron chi connectivity index (χ3n) is 5.39. The fourth-order valence-electron chi connectivity index (χ4n) is 3.93. The number of nitrogens with zero attached hydrogens (tertiary/aromatic N) is 2. The number of rotatable bonds is 3. The molecule has 144 valence electrons. The first-order valence-electron chi connectivity index (χ1n) is 9.29. The first-order chi connectivity index (χ1) is 14.0. The quantitative estimate of drug-likeness (QED) is 0.708. The lowest BCUT2D eigenvalue weighted by molar-refractivity contribution is 0.0763. The Morgan fingerprint density at radius 3 is 2.66 bits per heavy atom. The molecule has 3 heterocycles. The van der Waals surface area contributed by atoms with Crippen LogP contribution in [0.3, 0.4) is 0 Å². The number of fused-ring (bicyclic) bond motifs is 2. The Balaban J connectivity index is 1.43. The van der Waals surface area contributed by atoms with Gasteiger partial charge in [0.15, 0.2) is 0 Å². The summed E-state index contributed by atoms with van der Waals surface area (Å²) in [6.07, 6.45) is 2.30. The van der Waals surface area contributed by atoms with Crippen LogP contribution in [-0.2, 0) is 19.5 Å². The number of aromatic nitrogens is 1. The summed E-state index contributed by atoms with van der Waals surface area (Å²) in [5.74, 6) is -1.60. The van der Waals surface area contributed by atoms with Gasteiger partial charge >= 0.3 is 0 Å². The summed E-state index contributed by atoms with van der Waals surface area (Å²) in [6, 6.07) is 11.6. The minimum Gasteiger partial charge on any atom is -0.359 e. The highest BCUT2D eigenvalue weighted by Crippen LogP contribution is 2.33. The van der Waals surface area contributed by atoms with Crippen molar-refractivity contribution in [2.24, 2.45) is 0 Å². The van der Waals surface area contributed by atoms with Gasteiger partial charge in [0, 0.05) is 29.6 Å². The van der Waals surface area contributed by atoms with E-state index in [2.05, 4.69) is 16.9 Å². The van der Waals surface area contributed by atoms with Crippen molar-refractivity contribution < 1.29 is 13.6 Å². The smallest absolute Gasteiger partial charge is 0.256 e. The summed E-state index contributed by atoms with van der Waals surface area (Å²) >= 11 is 0. The molecular weight excluding hydrogens is 372 g/mol. The van der Waals surface area contributed by atoms with Crippen molar-refractivity contribution in [1.29, 1.82) is 0 Å². The lowest BCUT2D eigenvalue weighted by Gasteiger charge is -2.17. The number of allylic oxidation sites excluding steroid dienone is 1. The zero-order valence-corrected chi connectivity index (χ0v) is 15.5. The Bertz CT molecular complexity index is 1170. The normalized spacial score (nSPS) is 14.8. The maximum absolute atomic E-state index is 14.8. The molecule has 0 bridgehead atoms. The number of halogens is 2. The lowest BCUT2D eigenvalue weighted by atomic mass is 9.99. The molecule has 2 aliphatic heterocycles. The zero-order chi connectivity index (χ0) is 20.1. The van der Waals surface area contributed by atoms with Gasteiger partial charge in [0.05, 0.1) is 24.3 Å². The van der Waals surface area contributed by atoms with E-state index in [-0.39, 0.29) is 24.6 Å². The van der Waals surface area contributed by atoms with Crippen LogP contribution in [0.25, 0.3) is 11.1 Å². The van der Waals surface area contributed by atoms with Gasteiger partial charge in [-0.25, -0.2) is 8.78 Å². The molecule has 0 atom stereocenters. The van der Waals surface area contributed by atoms with Gasteiger partial charge in [0.2, 0.25) is 0 Å². The van der Waals surface area contributed by atoms with E-state index < -0.39 is 11.6 Å². The van der Waals surface area contributed by atoms with Crippen molar-refractivity contribution in [3.05, 3.63) is 95.0 Å². The summed E-state index contributed by atoms with van der Waals surface area (Å²) < 4.78 is 29.6. The molecule has 1 aromatic heterocycles. The molecule has 1 amide bonds. The van der Waals surface area contributed by atoms with Crippen molar-refractivity contribution in [3.8, 4) is 11.1 Å². The molecule has 0 fully saturated rings. The minimum atomic E-state index is -0.667. The summed E-state index contributed by atoms with van der Waals surface area (Å²) in [6.45, 7) is 4.02. The molecular formula is C23H17F2N3O. The zero-order valence-electron chi connectivity index (χ0n) is 15.5. The van der Waals surface area contributed by atoms with Gasteiger partial charge in [0.25, 0.3) is 5.91 Å². The number of anilines is 1. The predicted octanol–water partition coefficient (Wildman–Crippen LogP) is 4.66. The van der Waals surface area contributed by atoms with Crippen LogP contribution < -0.4 is 5.32 Å². The Morgan fingerprint density at radius 2 is 1.90 bits per heavy atom. The van der Waals surface area contributed by atoms with Crippen LogP contribution in [-0.4, -0.2) is 15.8 Å². The van der Waals surface area contributed by atoms with Gasteiger partial charge in [-0.1, -0.05) is 12.6 Å². The number of pyridine rings is 1. The van der Waals surface area contributed by atoms with Crippen molar-refractivity contribution >= 4 is 11.6 Å². The molecule has 0 saturated heterocycles. The van der Waals surface area contributed by atoms with Gasteiger partial charge < -0.3 is 10.2 Å². The molecule has 0 spiro atoms. The fraction of sp³-hybridized carbons (Fsp3) is 0.130. The molecule has 1 N–H and O–H groups in total. The number of hydrogen-bond donors (Lipinski definition) is 1. The molecule has 29 heavy (non-hydrogen) atoms. The monoisotopic (exact) mass is 389 g/mol. The summed E-state index contributed by atoms with van der Waals surface area (Å²) in [4.78, 5) is 18.1. The number of benzene rings is 2. The SMILES string of the molecule is C=C1Cc2cc(-c3cc(F)c(CN4Cc5ncccc5C4=O)c(F)c3)ccc2N1. The third kappa shape index (κ3) is 2.97. The van der Waals surface area contributed by atoms with E-state index in [1.54, 1.807) is 18.3 Å². The number of nitrogens with one attached hydrogen (secondary N) is 1. The van der Waals surface area contributed by atoms with Crippen molar-refractivity contribution in [1.82, 2.24) is 9.88 Å². The Hall–Kier alpha value is -3.54. The largest absolute Gasteiger partial charge is 0.359 e. The molecule has 0 aliphatic carbocycles. The van der Waals surface area contributed by atoms with Crippen LogP contribution >= 0.6 is 0 Å². The summed E-state index contributed by atoms with van der Waals surface area (Å²) in [7, 11) is 0. The summed E-state index contributed by atoms with van der Waals surface area (Å²) in [5.41, 5.74) is 5.10. The standard InChI is InChI=1S/C23H17F2N3O/c1-13-7-16-8-14(4-5-21(16)27-13)15-9-19(24)18(20(25)10-15)11-28-12-22-17(23(28)29)3-2-6-26-22/h2-6,8-10,27H,1,7,11-12H2. The van der Waals surface area contributed by atoms with Crippen LogP contribution in [0.15, 0.2) is 60.9 Å². The number of carbonyl (C=O) groups excluding carboxylic acids is 1. The van der Waals surface area contributed by atoms with Crippen LogP contribution in [0.5, 0.6) is 0 Å². The lowest BCUT2D eigenvalue weighted by Crippen LogP contribution is -2.24. The van der Waals surface area contributed by atoms with Crippen LogP contribution in [0.4, 0.5) is 14.5 Å². The molecule has 0 radical (unpaired) electrons. The molecule has 6 heteroatoms. The highest BCUT2D eigenvalue weighted by Gasteiger charge is 2.29. The Morgan fingerprint density at radius 1 is 1.10 bits per heavy atom. The number of hydrogen-bond acceptors (Lipinski definition) is 3. The van der Waals surface area contributed by atoms with Crippen LogP contribution in [0.2, 0.25) is 0 Å². The van der Waals surface area contributed by atoms with Crippen LogP contribution in [0, 0.1) is 11.6 Å². The second-order valence-electron chi connectivity index (χ2n) is 7.35. The van der Waals surface area contributed by atoms with Crippen LogP contribution in [0.1, 0.15) is 27.2 Å². The molecule has 3 aromatic rings. The van der Waals surface area contributed by atoms with E-state index in [0.717, 1.165) is 22.5 Å². The fourth-order valence-corrected chi connectivity index (χ4v) is 3.93. The van der Waals surface area contributed by atoms with E-state index in [0.29, 0.717) is 23.2 Å². The molecule has 5 rings (SSSR count). The van der Waals surface area contributed by atoms with Crippen molar-refractivity contribution in [2.45, 2.75) is 19.5 Å². The number of amides is 1. The minimum absolute atomic E-state index is 0.119. The molecule has 2 aliphatic rings. The van der Waals surface area contributed by atoms with E-state index in [1.165, 1.54) is 17.0 Å². The third-order valence-corrected chi connectivity index (χ3v) is 5.39. The highest BCUT2D eigenvalue weighted by atomic mass is 19.1. The van der Waals surface area contributed by atoms with Gasteiger partial charge in [-0.05, 0) is 53.1 Å². The van der Waals surface area contributed by atoms with Crippen molar-refractivity contribution in [3.63, 3.8) is 0 Å². The number of carbonyl (C=O) groups is 1. The van der Waals surface area contributed by atoms with Gasteiger partial charge in [-0.15, -0.1) is 0 Å². The van der Waals surface area contributed by atoms with Crippen molar-refractivity contribution in [2.75, 3.05) is 5.32 Å². The Kier molecular flexibility index (Phi) is 3.94. The first kappa shape index (κ1) is 17.6. The Labute approximate surface area is 166 Å². The predicted molar refractivity (Wildman–Crippen MR) is 106 cm³/mol. The highest BCUT2D eigenvalue weighted by molar-refractivity contribution is 5.97. The van der Waals surface area contributed by atoms with E-state index in [4.69, 9.17) is 0 Å². The maximum atomic E-state index is 14.8. The van der Waals surface area contributed by atoms with E-state index >= 15 is 0 Å². The molecule has 0 saturated carbocycles. The summed E-state index contributed by atoms with van der Waals surface area (Å²) in [5, 5.41) is 3.17. The van der Waals surface area contributed by atoms with E-state index in [9.17, 15) is 13.6 Å². The maximum Gasteiger partial charge on any atom is 0.256 e. The van der Waals surface area contributed by atoms with Gasteiger partial charge in [0.1, 0.15) is 11.6 Å². The topological polar surface area (TPSA) is 45.2 Å². The second-order valence-corrected chi connectivity index (χ2v) is 7.35. The van der Waals surface area contributed by atoms with Gasteiger partial charge in [-0.3, -0.25) is 9.78 Å². The van der Waals surface area contributed by atoms with E-state index in [1.807, 2.05) is 18.2 Å². The van der Waals surface area contributed by atoms with Gasteiger partial charge in [-0.2, -0.15) is 0 Å². The molecule has 4 nitrogen and oxygen atoms in total. The molecule has 2 aromatic carbocycles. The first-order valence-corrected chi connectivity index (χ1v) is 9.29. The average Bonchev–Trinajstić information content (AvgIpc) is 3.23. The molecule has 0 unspecified atom stereocenters. The average molecular weight is 389 g/mol. The second kappa shape index (κ2) is 6.51.